The molecule has 1 saturated carbocycles. The Hall–Kier alpha value is -3.55. The summed E-state index contributed by atoms with van der Waals surface area (Å²) < 4.78 is 5.48. The molecule has 0 saturated heterocycles. The Labute approximate surface area is 232 Å². The lowest BCUT2D eigenvalue weighted by Gasteiger charge is -2.35. The number of rotatable bonds is 11. The zero-order chi connectivity index (χ0) is 28.7. The standard InChI is InChI=1S/C31H43N3O5/c1-7-8-17-32-28(36)27(25-18-20(2)9-10-21(25)3)34(23-13-14-23)29(37)26(33-30(38)39-31(4,5)6)19-22-11-15-24(35)16-12-22/h9-12,15-16,18,23,26-27,35H,7-8,13-14,17,19H2,1-6H3,(H,32,36)(H,33,38). The second-order valence-corrected chi connectivity index (χ2v) is 11.5. The van der Waals surface area contributed by atoms with Crippen molar-refractivity contribution in [1.29, 1.82) is 0 Å². The predicted octanol–water partition coefficient (Wildman–Crippen LogP) is 5.09. The summed E-state index contributed by atoms with van der Waals surface area (Å²) in [6, 6.07) is 10.5. The van der Waals surface area contributed by atoms with Crippen LogP contribution in [-0.2, 0) is 20.7 Å². The van der Waals surface area contributed by atoms with Gasteiger partial charge in [0.25, 0.3) is 0 Å². The topological polar surface area (TPSA) is 108 Å². The molecule has 1 aliphatic carbocycles. The van der Waals surface area contributed by atoms with E-state index in [2.05, 4.69) is 17.6 Å². The molecule has 0 aliphatic heterocycles. The quantitative estimate of drug-likeness (QED) is 0.346. The summed E-state index contributed by atoms with van der Waals surface area (Å²) in [4.78, 5) is 42.6. The molecule has 3 amide bonds. The Morgan fingerprint density at radius 1 is 1.08 bits per heavy atom. The lowest BCUT2D eigenvalue weighted by atomic mass is 9.95. The first-order valence-corrected chi connectivity index (χ1v) is 13.8. The zero-order valence-electron chi connectivity index (χ0n) is 24.0. The largest absolute Gasteiger partial charge is 0.508 e. The highest BCUT2D eigenvalue weighted by atomic mass is 16.6. The SMILES string of the molecule is CCCCNC(=O)C(c1cc(C)ccc1C)N(C(=O)C(Cc1ccc(O)cc1)NC(=O)OC(C)(C)C)C1CC1. The van der Waals surface area contributed by atoms with Crippen LogP contribution in [0.1, 0.15) is 81.7 Å². The van der Waals surface area contributed by atoms with Gasteiger partial charge in [-0.15, -0.1) is 0 Å². The third kappa shape index (κ3) is 8.73. The van der Waals surface area contributed by atoms with Gasteiger partial charge in [0.05, 0.1) is 0 Å². The van der Waals surface area contributed by atoms with Crippen molar-refractivity contribution >= 4 is 17.9 Å². The van der Waals surface area contributed by atoms with Crippen molar-refractivity contribution in [2.24, 2.45) is 0 Å². The van der Waals surface area contributed by atoms with Gasteiger partial charge in [0, 0.05) is 19.0 Å². The molecule has 1 fully saturated rings. The molecule has 212 valence electrons. The molecular formula is C31H43N3O5. The van der Waals surface area contributed by atoms with E-state index in [1.54, 1.807) is 49.9 Å². The van der Waals surface area contributed by atoms with Crippen molar-refractivity contribution < 1.29 is 24.2 Å². The van der Waals surface area contributed by atoms with Crippen molar-refractivity contribution in [1.82, 2.24) is 15.5 Å². The third-order valence-corrected chi connectivity index (χ3v) is 6.65. The number of nitrogens with zero attached hydrogens (tertiary/aromatic N) is 1. The first kappa shape index (κ1) is 30.0. The molecule has 0 bridgehead atoms. The molecule has 2 aromatic carbocycles. The first-order valence-electron chi connectivity index (χ1n) is 13.8. The van der Waals surface area contributed by atoms with Crippen LogP contribution in [0.25, 0.3) is 0 Å². The van der Waals surface area contributed by atoms with Gasteiger partial charge in [0.1, 0.15) is 23.4 Å². The number of phenols is 1. The maximum absolute atomic E-state index is 14.4. The van der Waals surface area contributed by atoms with Gasteiger partial charge < -0.3 is 25.4 Å². The van der Waals surface area contributed by atoms with Gasteiger partial charge in [0.15, 0.2) is 0 Å². The van der Waals surface area contributed by atoms with E-state index in [1.165, 1.54) is 0 Å². The van der Waals surface area contributed by atoms with Crippen molar-refractivity contribution in [3.63, 3.8) is 0 Å². The molecule has 8 nitrogen and oxygen atoms in total. The lowest BCUT2D eigenvalue weighted by Crippen LogP contribution is -2.54. The summed E-state index contributed by atoms with van der Waals surface area (Å²) in [6.45, 7) is 11.8. The van der Waals surface area contributed by atoms with Gasteiger partial charge in [-0.1, -0.05) is 49.2 Å². The van der Waals surface area contributed by atoms with Crippen molar-refractivity contribution in [2.75, 3.05) is 6.54 Å². The van der Waals surface area contributed by atoms with Gasteiger partial charge in [-0.3, -0.25) is 9.59 Å². The molecule has 3 N–H and O–H groups in total. The molecule has 3 rings (SSSR count). The number of aromatic hydroxyl groups is 1. The van der Waals surface area contributed by atoms with E-state index in [0.717, 1.165) is 47.9 Å². The van der Waals surface area contributed by atoms with Crippen LogP contribution in [0, 0.1) is 13.8 Å². The minimum atomic E-state index is -0.971. The number of ether oxygens (including phenoxy) is 1. The minimum Gasteiger partial charge on any atom is -0.508 e. The molecule has 0 aromatic heterocycles. The number of carbonyl (C=O) groups is 3. The highest BCUT2D eigenvalue weighted by Crippen LogP contribution is 2.37. The summed E-state index contributed by atoms with van der Waals surface area (Å²) in [5, 5.41) is 15.5. The first-order chi connectivity index (χ1) is 18.4. The normalized spacial score (nSPS) is 14.7. The second-order valence-electron chi connectivity index (χ2n) is 11.5. The maximum atomic E-state index is 14.4. The molecule has 1 aliphatic rings. The fourth-order valence-corrected chi connectivity index (χ4v) is 4.53. The molecule has 2 unspecified atom stereocenters. The van der Waals surface area contributed by atoms with Gasteiger partial charge in [-0.05, 0) is 82.7 Å². The van der Waals surface area contributed by atoms with E-state index in [-0.39, 0.29) is 30.0 Å². The van der Waals surface area contributed by atoms with Gasteiger partial charge >= 0.3 is 6.09 Å². The predicted molar refractivity (Wildman–Crippen MR) is 151 cm³/mol. The van der Waals surface area contributed by atoms with E-state index in [9.17, 15) is 19.5 Å². The van der Waals surface area contributed by atoms with Crippen LogP contribution in [0.15, 0.2) is 42.5 Å². The van der Waals surface area contributed by atoms with E-state index in [4.69, 9.17) is 4.74 Å². The number of nitrogens with one attached hydrogen (secondary N) is 2. The summed E-state index contributed by atoms with van der Waals surface area (Å²) in [5.74, 6) is -0.453. The number of hydrogen-bond donors (Lipinski definition) is 3. The molecule has 8 heteroatoms. The Morgan fingerprint density at radius 3 is 2.33 bits per heavy atom. The van der Waals surface area contributed by atoms with Crippen LogP contribution in [0.3, 0.4) is 0 Å². The number of aryl methyl sites for hydroxylation is 2. The lowest BCUT2D eigenvalue weighted by molar-refractivity contribution is -0.143. The highest BCUT2D eigenvalue weighted by molar-refractivity contribution is 5.93. The molecule has 0 radical (unpaired) electrons. The smallest absolute Gasteiger partial charge is 0.408 e. The van der Waals surface area contributed by atoms with Crippen LogP contribution in [-0.4, -0.2) is 52.1 Å². The number of alkyl carbamates (subject to hydrolysis) is 1. The maximum Gasteiger partial charge on any atom is 0.408 e. The van der Waals surface area contributed by atoms with Crippen LogP contribution >= 0.6 is 0 Å². The Balaban J connectivity index is 2.02. The molecular weight excluding hydrogens is 494 g/mol. The molecule has 0 heterocycles. The molecule has 2 aromatic rings. The summed E-state index contributed by atoms with van der Waals surface area (Å²) in [6.07, 6.45) is 2.83. The van der Waals surface area contributed by atoms with E-state index >= 15 is 0 Å². The fraction of sp³-hybridized carbons (Fsp3) is 0.516. The van der Waals surface area contributed by atoms with Crippen LogP contribution in [0.2, 0.25) is 0 Å². The second kappa shape index (κ2) is 13.0. The van der Waals surface area contributed by atoms with Crippen LogP contribution in [0.4, 0.5) is 4.79 Å². The van der Waals surface area contributed by atoms with Crippen molar-refractivity contribution in [3.8, 4) is 5.75 Å². The summed E-state index contributed by atoms with van der Waals surface area (Å²) in [7, 11) is 0. The number of phenolic OH excluding ortho intramolecular Hbond substituents is 1. The monoisotopic (exact) mass is 537 g/mol. The highest BCUT2D eigenvalue weighted by Gasteiger charge is 2.44. The number of carbonyl (C=O) groups excluding carboxylic acids is 3. The number of benzene rings is 2. The van der Waals surface area contributed by atoms with Crippen molar-refractivity contribution in [2.45, 2.75) is 97.4 Å². The Kier molecular flexibility index (Phi) is 10.0. The van der Waals surface area contributed by atoms with Crippen LogP contribution < -0.4 is 10.6 Å². The zero-order valence-corrected chi connectivity index (χ0v) is 24.0. The van der Waals surface area contributed by atoms with E-state index in [1.807, 2.05) is 32.0 Å². The Morgan fingerprint density at radius 2 is 1.74 bits per heavy atom. The number of amides is 3. The van der Waals surface area contributed by atoms with Gasteiger partial charge in [-0.2, -0.15) is 0 Å². The summed E-state index contributed by atoms with van der Waals surface area (Å²) in [5.41, 5.74) is 2.72. The van der Waals surface area contributed by atoms with Gasteiger partial charge in [-0.25, -0.2) is 4.79 Å². The van der Waals surface area contributed by atoms with E-state index < -0.39 is 23.8 Å². The number of hydrogen-bond acceptors (Lipinski definition) is 5. The van der Waals surface area contributed by atoms with Crippen LogP contribution in [0.5, 0.6) is 5.75 Å². The average Bonchev–Trinajstić information content (AvgIpc) is 3.69. The molecule has 2 atom stereocenters. The molecule has 39 heavy (non-hydrogen) atoms. The Bertz CT molecular complexity index is 1150. The number of unbranched alkanes of at least 4 members (excludes halogenated alkanes) is 1. The minimum absolute atomic E-state index is 0.109. The fourth-order valence-electron chi connectivity index (χ4n) is 4.53. The summed E-state index contributed by atoms with van der Waals surface area (Å²) >= 11 is 0. The average molecular weight is 538 g/mol. The van der Waals surface area contributed by atoms with Gasteiger partial charge in [0.2, 0.25) is 11.8 Å². The van der Waals surface area contributed by atoms with E-state index in [0.29, 0.717) is 6.54 Å². The third-order valence-electron chi connectivity index (χ3n) is 6.65. The molecule has 0 spiro atoms. The van der Waals surface area contributed by atoms with Crippen molar-refractivity contribution in [3.05, 3.63) is 64.7 Å².